The fourth-order valence-corrected chi connectivity index (χ4v) is 3.55. The maximum Gasteiger partial charge on any atom is 0.103 e. The van der Waals surface area contributed by atoms with E-state index in [9.17, 15) is 0 Å². The maximum absolute atomic E-state index is 4.74. The number of nitrogens with zero attached hydrogens (tertiary/aromatic N) is 1. The van der Waals surface area contributed by atoms with E-state index in [0.29, 0.717) is 0 Å². The molecule has 4 heteroatoms. The Balaban J connectivity index is 2.90. The fourth-order valence-electron chi connectivity index (χ4n) is 1.34. The van der Waals surface area contributed by atoms with E-state index < -0.39 is 0 Å². The van der Waals surface area contributed by atoms with E-state index in [1.54, 1.807) is 0 Å². The molecule has 1 aromatic heterocycles. The van der Waals surface area contributed by atoms with Gasteiger partial charge < -0.3 is 0 Å². The van der Waals surface area contributed by atoms with Gasteiger partial charge in [0.05, 0.1) is 5.69 Å². The van der Waals surface area contributed by atoms with Gasteiger partial charge in [0.25, 0.3) is 0 Å². The molecule has 0 saturated heterocycles. The molecule has 1 rings (SSSR count). The van der Waals surface area contributed by atoms with Crippen molar-refractivity contribution in [3.63, 3.8) is 0 Å². The Morgan fingerprint density at radius 3 is 2.47 bits per heavy atom. The summed E-state index contributed by atoms with van der Waals surface area (Å²) in [5.74, 6) is 3.00. The third kappa shape index (κ3) is 3.68. The summed E-state index contributed by atoms with van der Waals surface area (Å²) in [7, 11) is 0. The molecule has 1 heterocycles. The van der Waals surface area contributed by atoms with E-state index in [-0.39, 0.29) is 5.41 Å². The molecule has 0 amide bonds. The Bertz CT molecular complexity index is 312. The van der Waals surface area contributed by atoms with Crippen molar-refractivity contribution < 1.29 is 0 Å². The molecule has 0 radical (unpaired) electrons. The van der Waals surface area contributed by atoms with E-state index >= 15 is 0 Å². The van der Waals surface area contributed by atoms with Crippen molar-refractivity contribution in [1.82, 2.24) is 4.98 Å². The Morgan fingerprint density at radius 2 is 2.07 bits per heavy atom. The molecule has 0 aliphatic rings. The smallest absolute Gasteiger partial charge is 0.103 e. The van der Waals surface area contributed by atoms with Gasteiger partial charge in [-0.15, -0.1) is 11.3 Å². The molecule has 0 aromatic carbocycles. The zero-order valence-electron chi connectivity index (χ0n) is 9.83. The van der Waals surface area contributed by atoms with Gasteiger partial charge in [-0.3, -0.25) is 0 Å². The Labute approximate surface area is 106 Å². The number of hydrogen-bond acceptors (Lipinski definition) is 4. The molecule has 1 aromatic rings. The first-order chi connectivity index (χ1) is 6.99. The van der Waals surface area contributed by atoms with E-state index in [1.807, 2.05) is 23.1 Å². The lowest BCUT2D eigenvalue weighted by atomic mass is 9.91. The van der Waals surface area contributed by atoms with Crippen LogP contribution in [0.1, 0.15) is 43.3 Å². The van der Waals surface area contributed by atoms with E-state index in [2.05, 4.69) is 40.3 Å². The van der Waals surface area contributed by atoms with Crippen molar-refractivity contribution in [2.24, 2.45) is 0 Å². The van der Waals surface area contributed by atoms with Crippen LogP contribution in [0.5, 0.6) is 0 Å². The topological polar surface area (TPSA) is 12.9 Å². The summed E-state index contributed by atoms with van der Waals surface area (Å²) in [5.41, 5.74) is 1.37. The molecule has 0 atom stereocenters. The second-order valence-corrected chi connectivity index (χ2v) is 7.18. The average Bonchev–Trinajstić information content (AvgIpc) is 2.57. The van der Waals surface area contributed by atoms with Crippen molar-refractivity contribution in [2.75, 3.05) is 5.75 Å². The van der Waals surface area contributed by atoms with Crippen molar-refractivity contribution in [3.05, 3.63) is 15.6 Å². The number of thiazole rings is 1. The molecule has 1 nitrogen and oxygen atoms in total. The number of rotatable bonds is 4. The van der Waals surface area contributed by atoms with Gasteiger partial charge in [-0.25, -0.2) is 4.98 Å². The lowest BCUT2D eigenvalue weighted by Gasteiger charge is -2.16. The third-order valence-corrected chi connectivity index (χ3v) is 4.68. The average molecular weight is 261 g/mol. The lowest BCUT2D eigenvalue weighted by Crippen LogP contribution is -2.13. The largest absolute Gasteiger partial charge is 0.245 e. The number of hydrogen-bond donors (Lipinski definition) is 1. The highest BCUT2D eigenvalue weighted by Gasteiger charge is 2.22. The van der Waals surface area contributed by atoms with Crippen LogP contribution >= 0.6 is 35.7 Å². The summed E-state index contributed by atoms with van der Waals surface area (Å²) in [6, 6.07) is 0. The molecule has 0 spiro atoms. The first kappa shape index (κ1) is 13.4. The minimum atomic E-state index is 0.143. The van der Waals surface area contributed by atoms with Crippen LogP contribution in [0.3, 0.4) is 0 Å². The molecule has 86 valence electrons. The van der Waals surface area contributed by atoms with Crippen LogP contribution in [0, 0.1) is 0 Å². The van der Waals surface area contributed by atoms with Gasteiger partial charge in [0, 0.05) is 21.8 Å². The fraction of sp³-hybridized carbons (Fsp3) is 0.727. The van der Waals surface area contributed by atoms with E-state index in [0.717, 1.165) is 17.3 Å². The Kier molecular flexibility index (Phi) is 5.00. The second-order valence-electron chi connectivity index (χ2n) is 4.42. The number of thiol groups is 1. The summed E-state index contributed by atoms with van der Waals surface area (Å²) in [6.07, 6.45) is 0. The molecule has 0 aliphatic heterocycles. The maximum atomic E-state index is 4.74. The van der Waals surface area contributed by atoms with Crippen molar-refractivity contribution >= 4 is 35.7 Å². The minimum absolute atomic E-state index is 0.143. The van der Waals surface area contributed by atoms with E-state index in [4.69, 9.17) is 4.98 Å². The molecule has 0 aliphatic carbocycles. The van der Waals surface area contributed by atoms with Crippen LogP contribution in [0.25, 0.3) is 0 Å². The second kappa shape index (κ2) is 5.60. The van der Waals surface area contributed by atoms with Crippen LogP contribution in [0.15, 0.2) is 0 Å². The quantitative estimate of drug-likeness (QED) is 0.819. The summed E-state index contributed by atoms with van der Waals surface area (Å²) in [6.45, 7) is 8.83. The summed E-state index contributed by atoms with van der Waals surface area (Å²) in [5, 5.41) is 1.25. The number of thioether (sulfide) groups is 1. The normalized spacial score (nSPS) is 12.1. The highest BCUT2D eigenvalue weighted by atomic mass is 32.2. The monoisotopic (exact) mass is 261 g/mol. The molecular formula is C11H19NS3. The van der Waals surface area contributed by atoms with Gasteiger partial charge in [0.15, 0.2) is 0 Å². The molecule has 0 fully saturated rings. The minimum Gasteiger partial charge on any atom is -0.245 e. The SMILES string of the molecule is CCSCc1nc(C(C)(C)C)c(CS)s1. The van der Waals surface area contributed by atoms with E-state index in [1.165, 1.54) is 15.6 Å². The van der Waals surface area contributed by atoms with Crippen LogP contribution in [0.2, 0.25) is 0 Å². The van der Waals surface area contributed by atoms with Gasteiger partial charge in [-0.05, 0) is 5.75 Å². The first-order valence-corrected chi connectivity index (χ1v) is 7.77. The van der Waals surface area contributed by atoms with Crippen molar-refractivity contribution in [3.8, 4) is 0 Å². The summed E-state index contributed by atoms with van der Waals surface area (Å²) in [4.78, 5) is 6.07. The van der Waals surface area contributed by atoms with Crippen molar-refractivity contribution in [1.29, 1.82) is 0 Å². The highest BCUT2D eigenvalue weighted by Crippen LogP contribution is 2.31. The molecule has 0 N–H and O–H groups in total. The van der Waals surface area contributed by atoms with Gasteiger partial charge in [0.1, 0.15) is 5.01 Å². The summed E-state index contributed by atoms with van der Waals surface area (Å²) >= 11 is 8.12. The first-order valence-electron chi connectivity index (χ1n) is 5.16. The molecule has 0 saturated carbocycles. The van der Waals surface area contributed by atoms with Crippen LogP contribution in [-0.4, -0.2) is 10.7 Å². The zero-order chi connectivity index (χ0) is 11.5. The lowest BCUT2D eigenvalue weighted by molar-refractivity contribution is 0.567. The van der Waals surface area contributed by atoms with Gasteiger partial charge in [0.2, 0.25) is 0 Å². The molecule has 15 heavy (non-hydrogen) atoms. The predicted octanol–water partition coefficient (Wildman–Crippen LogP) is 4.12. The van der Waals surface area contributed by atoms with Crippen LogP contribution < -0.4 is 0 Å². The molecule has 0 bridgehead atoms. The number of aromatic nitrogens is 1. The van der Waals surface area contributed by atoms with Gasteiger partial charge >= 0.3 is 0 Å². The predicted molar refractivity (Wildman–Crippen MR) is 75.3 cm³/mol. The van der Waals surface area contributed by atoms with Crippen LogP contribution in [0.4, 0.5) is 0 Å². The van der Waals surface area contributed by atoms with Crippen molar-refractivity contribution in [2.45, 2.75) is 44.6 Å². The van der Waals surface area contributed by atoms with Gasteiger partial charge in [-0.2, -0.15) is 24.4 Å². The molecule has 0 unspecified atom stereocenters. The van der Waals surface area contributed by atoms with Crippen LogP contribution in [-0.2, 0) is 16.9 Å². The Morgan fingerprint density at radius 1 is 1.40 bits per heavy atom. The van der Waals surface area contributed by atoms with Gasteiger partial charge in [-0.1, -0.05) is 27.7 Å². The standard InChI is InChI=1S/C11H19NS3/c1-5-14-7-9-12-10(11(2,3)4)8(6-13)15-9/h13H,5-7H2,1-4H3. The molecular weight excluding hydrogens is 242 g/mol. The Hall–Kier alpha value is 0.330. The zero-order valence-corrected chi connectivity index (χ0v) is 12.4. The third-order valence-electron chi connectivity index (χ3n) is 2.03. The highest BCUT2D eigenvalue weighted by molar-refractivity contribution is 7.98. The summed E-state index contributed by atoms with van der Waals surface area (Å²) < 4.78 is 0.